The van der Waals surface area contributed by atoms with Crippen LogP contribution in [-0.4, -0.2) is 38.9 Å². The summed E-state index contributed by atoms with van der Waals surface area (Å²) in [6, 6.07) is 12.5. The average molecular weight is 361 g/mol. The van der Waals surface area contributed by atoms with Crippen molar-refractivity contribution in [3.05, 3.63) is 54.1 Å². The number of ether oxygens (including phenoxy) is 2. The van der Waals surface area contributed by atoms with Gasteiger partial charge in [-0.15, -0.1) is 0 Å². The Bertz CT molecular complexity index is 838. The van der Waals surface area contributed by atoms with Gasteiger partial charge in [-0.1, -0.05) is 0 Å². The van der Waals surface area contributed by atoms with Crippen LogP contribution >= 0.6 is 0 Å². The lowest BCUT2D eigenvalue weighted by molar-refractivity contribution is 0.0734. The fourth-order valence-electron chi connectivity index (χ4n) is 2.65. The van der Waals surface area contributed by atoms with Crippen LogP contribution in [0.2, 0.25) is 0 Å². The zero-order valence-corrected chi connectivity index (χ0v) is 14.7. The minimum Gasteiger partial charge on any atom is -0.497 e. The molecule has 0 N–H and O–H groups in total. The second kappa shape index (κ2) is 7.25. The number of hydrogen-bond donors (Lipinski definition) is 0. The first kappa shape index (κ1) is 17.4. The molecule has 1 heterocycles. The number of sulfonamides is 1. The molecule has 0 radical (unpaired) electrons. The highest BCUT2D eigenvalue weighted by atomic mass is 32.2. The van der Waals surface area contributed by atoms with Gasteiger partial charge in [0, 0.05) is 13.1 Å². The van der Waals surface area contributed by atoms with E-state index in [-0.39, 0.29) is 10.5 Å². The molecular formula is C18H19NO5S. The summed E-state index contributed by atoms with van der Waals surface area (Å²) >= 11 is 0. The van der Waals surface area contributed by atoms with E-state index < -0.39 is 16.0 Å². The van der Waals surface area contributed by atoms with Crippen LogP contribution in [0.3, 0.4) is 0 Å². The molecule has 0 aromatic heterocycles. The summed E-state index contributed by atoms with van der Waals surface area (Å²) in [6.07, 6.45) is 1.76. The van der Waals surface area contributed by atoms with Crippen molar-refractivity contribution in [1.29, 1.82) is 0 Å². The highest BCUT2D eigenvalue weighted by molar-refractivity contribution is 7.89. The Balaban J connectivity index is 1.71. The molecule has 0 saturated carbocycles. The minimum atomic E-state index is -3.48. The van der Waals surface area contributed by atoms with E-state index in [1.54, 1.807) is 31.4 Å². The minimum absolute atomic E-state index is 0.190. The zero-order valence-electron chi connectivity index (χ0n) is 13.8. The van der Waals surface area contributed by atoms with E-state index in [1.807, 2.05) is 0 Å². The van der Waals surface area contributed by atoms with Crippen molar-refractivity contribution in [2.45, 2.75) is 17.7 Å². The second-order valence-corrected chi connectivity index (χ2v) is 7.64. The van der Waals surface area contributed by atoms with Crippen molar-refractivity contribution < 1.29 is 22.7 Å². The first-order chi connectivity index (χ1) is 12.0. The van der Waals surface area contributed by atoms with E-state index in [4.69, 9.17) is 9.47 Å². The Hall–Kier alpha value is -2.38. The van der Waals surface area contributed by atoms with Gasteiger partial charge in [0.1, 0.15) is 11.5 Å². The molecular weight excluding hydrogens is 342 g/mol. The summed E-state index contributed by atoms with van der Waals surface area (Å²) < 4.78 is 36.7. The highest BCUT2D eigenvalue weighted by Crippen LogP contribution is 2.22. The number of hydrogen-bond acceptors (Lipinski definition) is 5. The number of esters is 1. The van der Waals surface area contributed by atoms with Crippen molar-refractivity contribution >= 4 is 16.0 Å². The van der Waals surface area contributed by atoms with Crippen LogP contribution < -0.4 is 9.47 Å². The molecule has 3 rings (SSSR count). The molecule has 1 aliphatic heterocycles. The van der Waals surface area contributed by atoms with Crippen LogP contribution in [0.1, 0.15) is 23.2 Å². The lowest BCUT2D eigenvalue weighted by Gasteiger charge is -2.15. The van der Waals surface area contributed by atoms with Crippen molar-refractivity contribution in [1.82, 2.24) is 4.31 Å². The summed E-state index contributed by atoms with van der Waals surface area (Å²) in [6.45, 7) is 1.09. The standard InChI is InChI=1S/C18H19NO5S/c1-23-15-6-8-16(9-7-15)24-18(20)14-4-10-17(11-5-14)25(21,22)19-12-2-3-13-19/h4-11H,2-3,12-13H2,1H3. The largest absolute Gasteiger partial charge is 0.497 e. The maximum Gasteiger partial charge on any atom is 0.343 e. The fourth-order valence-corrected chi connectivity index (χ4v) is 4.17. The van der Waals surface area contributed by atoms with Crippen LogP contribution in [0.15, 0.2) is 53.4 Å². The molecule has 0 atom stereocenters. The van der Waals surface area contributed by atoms with Gasteiger partial charge in [0.15, 0.2) is 0 Å². The van der Waals surface area contributed by atoms with Crippen molar-refractivity contribution in [3.63, 3.8) is 0 Å². The molecule has 0 amide bonds. The molecule has 25 heavy (non-hydrogen) atoms. The van der Waals surface area contributed by atoms with E-state index in [0.717, 1.165) is 12.8 Å². The summed E-state index contributed by atoms with van der Waals surface area (Å²) in [5, 5.41) is 0. The third-order valence-corrected chi connectivity index (χ3v) is 5.98. The van der Waals surface area contributed by atoms with Crippen LogP contribution in [-0.2, 0) is 10.0 Å². The predicted octanol–water partition coefficient (Wildman–Crippen LogP) is 2.70. The molecule has 0 unspecified atom stereocenters. The van der Waals surface area contributed by atoms with Gasteiger partial charge in [0.25, 0.3) is 0 Å². The zero-order chi connectivity index (χ0) is 17.9. The van der Waals surface area contributed by atoms with Crippen molar-refractivity contribution in [2.75, 3.05) is 20.2 Å². The number of nitrogens with zero attached hydrogens (tertiary/aromatic N) is 1. The molecule has 1 saturated heterocycles. The summed E-state index contributed by atoms with van der Waals surface area (Å²) in [7, 11) is -1.93. The van der Waals surface area contributed by atoms with E-state index in [9.17, 15) is 13.2 Å². The smallest absolute Gasteiger partial charge is 0.343 e. The van der Waals surface area contributed by atoms with E-state index in [0.29, 0.717) is 24.6 Å². The molecule has 2 aromatic carbocycles. The summed E-state index contributed by atoms with van der Waals surface area (Å²) in [5.74, 6) is 0.506. The first-order valence-electron chi connectivity index (χ1n) is 7.97. The monoisotopic (exact) mass is 361 g/mol. The Kier molecular flexibility index (Phi) is 5.06. The molecule has 0 bridgehead atoms. The van der Waals surface area contributed by atoms with Gasteiger partial charge in [0.2, 0.25) is 10.0 Å². The molecule has 0 spiro atoms. The van der Waals surface area contributed by atoms with Gasteiger partial charge < -0.3 is 9.47 Å². The highest BCUT2D eigenvalue weighted by Gasteiger charge is 2.27. The predicted molar refractivity (Wildman–Crippen MR) is 92.4 cm³/mol. The number of carbonyl (C=O) groups excluding carboxylic acids is 1. The van der Waals surface area contributed by atoms with Gasteiger partial charge >= 0.3 is 5.97 Å². The van der Waals surface area contributed by atoms with Crippen molar-refractivity contribution in [2.24, 2.45) is 0 Å². The SMILES string of the molecule is COc1ccc(OC(=O)c2ccc(S(=O)(=O)N3CCCC3)cc2)cc1. The number of methoxy groups -OCH3 is 1. The van der Waals surface area contributed by atoms with Crippen LogP contribution in [0.25, 0.3) is 0 Å². The van der Waals surface area contributed by atoms with Crippen LogP contribution in [0, 0.1) is 0 Å². The number of carbonyl (C=O) groups is 1. The lowest BCUT2D eigenvalue weighted by atomic mass is 10.2. The van der Waals surface area contributed by atoms with Crippen molar-refractivity contribution in [3.8, 4) is 11.5 Å². The average Bonchev–Trinajstić information content (AvgIpc) is 3.18. The summed E-state index contributed by atoms with van der Waals surface area (Å²) in [5.41, 5.74) is 0.288. The molecule has 6 nitrogen and oxygen atoms in total. The Morgan fingerprint density at radius 1 is 0.920 bits per heavy atom. The van der Waals surface area contributed by atoms with E-state index in [1.165, 1.54) is 28.6 Å². The normalized spacial score (nSPS) is 15.1. The van der Waals surface area contributed by atoms with Gasteiger partial charge in [-0.25, -0.2) is 13.2 Å². The maximum atomic E-state index is 12.5. The molecule has 132 valence electrons. The number of rotatable bonds is 5. The first-order valence-corrected chi connectivity index (χ1v) is 9.41. The van der Waals surface area contributed by atoms with Gasteiger partial charge in [0.05, 0.1) is 17.6 Å². The van der Waals surface area contributed by atoms with Gasteiger partial charge in [-0.05, 0) is 61.4 Å². The van der Waals surface area contributed by atoms with Gasteiger partial charge in [-0.2, -0.15) is 4.31 Å². The molecule has 1 fully saturated rings. The Morgan fingerprint density at radius 2 is 1.48 bits per heavy atom. The topological polar surface area (TPSA) is 72.9 Å². The molecule has 1 aliphatic rings. The Labute approximate surface area is 147 Å². The molecule has 7 heteroatoms. The lowest BCUT2D eigenvalue weighted by Crippen LogP contribution is -2.27. The van der Waals surface area contributed by atoms with Gasteiger partial charge in [-0.3, -0.25) is 0 Å². The van der Waals surface area contributed by atoms with Crippen LogP contribution in [0.4, 0.5) is 0 Å². The molecule has 2 aromatic rings. The fraction of sp³-hybridized carbons (Fsp3) is 0.278. The van der Waals surface area contributed by atoms with E-state index in [2.05, 4.69) is 0 Å². The third-order valence-electron chi connectivity index (χ3n) is 4.06. The third kappa shape index (κ3) is 3.83. The Morgan fingerprint density at radius 3 is 2.04 bits per heavy atom. The quantitative estimate of drug-likeness (QED) is 0.605. The number of benzene rings is 2. The summed E-state index contributed by atoms with van der Waals surface area (Å²) in [4.78, 5) is 12.4. The van der Waals surface area contributed by atoms with E-state index >= 15 is 0 Å². The second-order valence-electron chi connectivity index (χ2n) is 5.70. The van der Waals surface area contributed by atoms with Crippen LogP contribution in [0.5, 0.6) is 11.5 Å². The molecule has 0 aliphatic carbocycles. The maximum absolute atomic E-state index is 12.5.